The van der Waals surface area contributed by atoms with Crippen molar-refractivity contribution in [3.05, 3.63) is 16.9 Å². The molecule has 0 radical (unpaired) electrons. The highest BCUT2D eigenvalue weighted by molar-refractivity contribution is 6.33. The Morgan fingerprint density at radius 3 is 2.71 bits per heavy atom. The molecule has 1 aromatic rings. The van der Waals surface area contributed by atoms with Crippen LogP contribution in [0.15, 0.2) is 6.20 Å². The molecule has 17 heavy (non-hydrogen) atoms. The van der Waals surface area contributed by atoms with E-state index in [2.05, 4.69) is 5.10 Å². The van der Waals surface area contributed by atoms with Crippen molar-refractivity contribution in [1.82, 2.24) is 9.78 Å². The first kappa shape index (κ1) is 12.6. The molecule has 0 aliphatic heterocycles. The predicted molar refractivity (Wildman–Crippen MR) is 65.5 cm³/mol. The molecule has 4 nitrogen and oxygen atoms in total. The average molecular weight is 257 g/mol. The first-order chi connectivity index (χ1) is 8.06. The Hall–Kier alpha value is -0.870. The topological polar surface area (TPSA) is 44.1 Å². The Kier molecular flexibility index (Phi) is 3.54. The first-order valence-corrected chi connectivity index (χ1v) is 6.24. The van der Waals surface area contributed by atoms with Gasteiger partial charge in [0.15, 0.2) is 0 Å². The molecule has 0 N–H and O–H groups in total. The van der Waals surface area contributed by atoms with Crippen LogP contribution in [0, 0.1) is 5.92 Å². The molecule has 1 saturated carbocycles. The molecule has 2 rings (SSSR count). The smallest absolute Gasteiger partial charge is 0.211 e. The number of hydrogen-bond donors (Lipinski definition) is 0. The van der Waals surface area contributed by atoms with Crippen LogP contribution < -0.4 is 0 Å². The molecule has 1 unspecified atom stereocenters. The Balaban J connectivity index is 2.31. The maximum Gasteiger partial charge on any atom is 0.211 e. The molecule has 0 spiro atoms. The van der Waals surface area contributed by atoms with E-state index >= 15 is 0 Å². The molecule has 1 aromatic heterocycles. The third-order valence-corrected chi connectivity index (χ3v) is 3.31. The van der Waals surface area contributed by atoms with Gasteiger partial charge in [-0.2, -0.15) is 5.10 Å². The van der Waals surface area contributed by atoms with Gasteiger partial charge in [-0.15, -0.1) is 0 Å². The highest BCUT2D eigenvalue weighted by atomic mass is 35.5. The zero-order valence-electron chi connectivity index (χ0n) is 10.3. The van der Waals surface area contributed by atoms with Gasteiger partial charge >= 0.3 is 0 Å². The summed E-state index contributed by atoms with van der Waals surface area (Å²) in [6.45, 7) is 3.94. The van der Waals surface area contributed by atoms with E-state index in [1.807, 2.05) is 13.8 Å². The zero-order valence-corrected chi connectivity index (χ0v) is 11.1. The molecule has 1 aliphatic carbocycles. The van der Waals surface area contributed by atoms with E-state index in [4.69, 9.17) is 16.3 Å². The van der Waals surface area contributed by atoms with Crippen molar-refractivity contribution in [1.29, 1.82) is 0 Å². The van der Waals surface area contributed by atoms with Gasteiger partial charge in [-0.3, -0.25) is 9.48 Å². The van der Waals surface area contributed by atoms with Crippen LogP contribution in [-0.2, 0) is 4.74 Å². The van der Waals surface area contributed by atoms with Crippen LogP contribution in [0.3, 0.4) is 0 Å². The Morgan fingerprint density at radius 1 is 1.59 bits per heavy atom. The standard InChI is InChI=1S/C12H17ClN2O2/c1-7(2)15-10(9(13)6-14-15)11(16)12(17-3)8-4-5-8/h6-8,12H,4-5H2,1-3H3. The summed E-state index contributed by atoms with van der Waals surface area (Å²) in [7, 11) is 1.57. The summed E-state index contributed by atoms with van der Waals surface area (Å²) in [5.74, 6) is 0.297. The van der Waals surface area contributed by atoms with Gasteiger partial charge in [0.25, 0.3) is 0 Å². The summed E-state index contributed by atoms with van der Waals surface area (Å²) in [6.07, 6.45) is 3.26. The van der Waals surface area contributed by atoms with Crippen molar-refractivity contribution >= 4 is 17.4 Å². The normalized spacial score (nSPS) is 17.5. The van der Waals surface area contributed by atoms with Crippen molar-refractivity contribution < 1.29 is 9.53 Å². The number of Topliss-reactive ketones (excluding diaryl/α,β-unsaturated/α-hetero) is 1. The van der Waals surface area contributed by atoms with Crippen molar-refractivity contribution in [3.8, 4) is 0 Å². The second kappa shape index (κ2) is 4.78. The fourth-order valence-electron chi connectivity index (χ4n) is 2.01. The Labute approximate surface area is 106 Å². The number of ether oxygens (including phenoxy) is 1. The monoisotopic (exact) mass is 256 g/mol. The number of ketones is 1. The minimum absolute atomic E-state index is 0.0498. The molecular weight excluding hydrogens is 240 g/mol. The summed E-state index contributed by atoms with van der Waals surface area (Å²) >= 11 is 6.05. The van der Waals surface area contributed by atoms with E-state index in [9.17, 15) is 4.79 Å². The lowest BCUT2D eigenvalue weighted by Crippen LogP contribution is -2.28. The van der Waals surface area contributed by atoms with Gasteiger partial charge < -0.3 is 4.74 Å². The van der Waals surface area contributed by atoms with Crippen LogP contribution in [0.4, 0.5) is 0 Å². The highest BCUT2D eigenvalue weighted by Crippen LogP contribution is 2.36. The predicted octanol–water partition coefficient (Wildman–Crippen LogP) is 2.73. The van der Waals surface area contributed by atoms with E-state index in [1.165, 1.54) is 6.20 Å². The number of halogens is 1. The molecule has 1 heterocycles. The lowest BCUT2D eigenvalue weighted by Gasteiger charge is -2.16. The van der Waals surface area contributed by atoms with Gasteiger partial charge in [-0.1, -0.05) is 11.6 Å². The van der Waals surface area contributed by atoms with Gasteiger partial charge in [0.2, 0.25) is 5.78 Å². The van der Waals surface area contributed by atoms with Crippen molar-refractivity contribution in [3.63, 3.8) is 0 Å². The molecule has 0 amide bonds. The van der Waals surface area contributed by atoms with Crippen LogP contribution >= 0.6 is 11.6 Å². The van der Waals surface area contributed by atoms with Crippen molar-refractivity contribution in [2.24, 2.45) is 5.92 Å². The minimum Gasteiger partial charge on any atom is -0.373 e. The van der Waals surface area contributed by atoms with Gasteiger partial charge in [-0.05, 0) is 32.6 Å². The molecule has 1 aliphatic rings. The largest absolute Gasteiger partial charge is 0.373 e. The van der Waals surface area contributed by atoms with Crippen LogP contribution in [0.25, 0.3) is 0 Å². The number of hydrogen-bond acceptors (Lipinski definition) is 3. The molecule has 1 atom stereocenters. The second-order valence-corrected chi connectivity index (χ2v) is 5.14. The number of carbonyl (C=O) groups is 1. The second-order valence-electron chi connectivity index (χ2n) is 4.74. The number of carbonyl (C=O) groups excluding carboxylic acids is 1. The fraction of sp³-hybridized carbons (Fsp3) is 0.667. The first-order valence-electron chi connectivity index (χ1n) is 5.86. The molecule has 5 heteroatoms. The van der Waals surface area contributed by atoms with E-state index in [0.29, 0.717) is 16.6 Å². The summed E-state index contributed by atoms with van der Waals surface area (Å²) in [4.78, 5) is 12.4. The number of nitrogens with zero attached hydrogens (tertiary/aromatic N) is 2. The summed E-state index contributed by atoms with van der Waals surface area (Å²) in [5, 5.41) is 4.55. The van der Waals surface area contributed by atoms with Gasteiger partial charge in [0.05, 0.1) is 11.2 Å². The van der Waals surface area contributed by atoms with Gasteiger partial charge in [0, 0.05) is 13.2 Å². The molecule has 0 bridgehead atoms. The van der Waals surface area contributed by atoms with Crippen LogP contribution in [0.1, 0.15) is 43.2 Å². The Morgan fingerprint density at radius 2 is 2.24 bits per heavy atom. The van der Waals surface area contributed by atoms with Gasteiger partial charge in [-0.25, -0.2) is 0 Å². The fourth-order valence-corrected chi connectivity index (χ4v) is 2.23. The van der Waals surface area contributed by atoms with E-state index in [0.717, 1.165) is 12.8 Å². The number of methoxy groups -OCH3 is 1. The quantitative estimate of drug-likeness (QED) is 0.761. The van der Waals surface area contributed by atoms with Crippen molar-refractivity contribution in [2.45, 2.75) is 38.8 Å². The molecule has 1 fully saturated rings. The number of aromatic nitrogens is 2. The lowest BCUT2D eigenvalue weighted by molar-refractivity contribution is 0.0527. The van der Waals surface area contributed by atoms with E-state index < -0.39 is 0 Å². The maximum atomic E-state index is 12.4. The zero-order chi connectivity index (χ0) is 12.6. The molecule has 94 valence electrons. The summed E-state index contributed by atoms with van der Waals surface area (Å²) in [6, 6.07) is 0.109. The Bertz CT molecular complexity index is 424. The highest BCUT2D eigenvalue weighted by Gasteiger charge is 2.38. The minimum atomic E-state index is -0.373. The third kappa shape index (κ3) is 2.38. The average Bonchev–Trinajstić information content (AvgIpc) is 3.01. The number of rotatable bonds is 5. The third-order valence-electron chi connectivity index (χ3n) is 3.04. The van der Waals surface area contributed by atoms with Crippen LogP contribution in [0.2, 0.25) is 5.02 Å². The van der Waals surface area contributed by atoms with Crippen LogP contribution in [0.5, 0.6) is 0 Å². The van der Waals surface area contributed by atoms with Gasteiger partial charge in [0.1, 0.15) is 11.8 Å². The maximum absolute atomic E-state index is 12.4. The van der Waals surface area contributed by atoms with Crippen LogP contribution in [-0.4, -0.2) is 28.8 Å². The molecule has 0 saturated heterocycles. The summed E-state index contributed by atoms with van der Waals surface area (Å²) in [5.41, 5.74) is 0.473. The summed E-state index contributed by atoms with van der Waals surface area (Å²) < 4.78 is 6.97. The van der Waals surface area contributed by atoms with E-state index in [1.54, 1.807) is 11.8 Å². The van der Waals surface area contributed by atoms with Crippen molar-refractivity contribution in [2.75, 3.05) is 7.11 Å². The SMILES string of the molecule is COC(C(=O)c1c(Cl)cnn1C(C)C)C1CC1. The molecular formula is C12H17ClN2O2. The van der Waals surface area contributed by atoms with E-state index in [-0.39, 0.29) is 17.9 Å². The lowest BCUT2D eigenvalue weighted by atomic mass is 10.1. The molecule has 0 aromatic carbocycles.